The van der Waals surface area contributed by atoms with Crippen molar-refractivity contribution in [3.05, 3.63) is 64.7 Å². The molecule has 1 fully saturated rings. The highest BCUT2D eigenvalue weighted by molar-refractivity contribution is 8.00. The second-order valence-corrected chi connectivity index (χ2v) is 9.29. The van der Waals surface area contributed by atoms with E-state index in [-0.39, 0.29) is 52.8 Å². The molecule has 1 saturated carbocycles. The van der Waals surface area contributed by atoms with Crippen LogP contribution in [-0.2, 0) is 22.6 Å². The number of hydrogen-bond acceptors (Lipinski definition) is 5. The second kappa shape index (κ2) is 9.13. The van der Waals surface area contributed by atoms with E-state index in [9.17, 15) is 32.3 Å². The molecule has 2 aromatic carbocycles. The number of alkyl halides is 3. The summed E-state index contributed by atoms with van der Waals surface area (Å²) in [6, 6.07) is 10.1. The number of Topliss-reactive ketones (excluding diaryl/α,β-unsaturated/α-hetero) is 3. The van der Waals surface area contributed by atoms with E-state index in [1.165, 1.54) is 29.2 Å². The smallest absolute Gasteiger partial charge is 0.324 e. The van der Waals surface area contributed by atoms with Crippen molar-refractivity contribution in [1.82, 2.24) is 4.90 Å². The van der Waals surface area contributed by atoms with Crippen molar-refractivity contribution in [2.24, 2.45) is 0 Å². The molecular formula is C24H20F3NO4S. The van der Waals surface area contributed by atoms with Gasteiger partial charge in [-0.05, 0) is 53.9 Å². The number of amides is 1. The summed E-state index contributed by atoms with van der Waals surface area (Å²) in [4.78, 5) is 50.5. The maximum absolute atomic E-state index is 12.8. The summed E-state index contributed by atoms with van der Waals surface area (Å²) in [6.45, 7) is 0.291. The van der Waals surface area contributed by atoms with Crippen molar-refractivity contribution in [3.63, 3.8) is 0 Å². The number of carbonyl (C=O) groups excluding carboxylic acids is 4. The summed E-state index contributed by atoms with van der Waals surface area (Å²) < 4.78 is 37.3. The molecule has 172 valence electrons. The van der Waals surface area contributed by atoms with Gasteiger partial charge in [-0.2, -0.15) is 13.2 Å². The average molecular weight is 475 g/mol. The number of fused-ring (bicyclic) bond motifs is 1. The molecule has 0 spiro atoms. The minimum Gasteiger partial charge on any atom is -0.324 e. The van der Waals surface area contributed by atoms with E-state index >= 15 is 0 Å². The van der Waals surface area contributed by atoms with Gasteiger partial charge in [-0.1, -0.05) is 24.3 Å². The molecule has 0 N–H and O–H groups in total. The van der Waals surface area contributed by atoms with Crippen LogP contribution >= 0.6 is 11.8 Å². The van der Waals surface area contributed by atoms with E-state index in [1.807, 2.05) is 6.07 Å². The Hall–Kier alpha value is -2.94. The lowest BCUT2D eigenvalue weighted by Gasteiger charge is -2.29. The SMILES string of the molecule is O=C1CCC(N2Cc3cc(CCC(=O)c4ccc(SC(F)(F)F)cc4)ccc3C2=O)C(=O)C1. The molecule has 2 aromatic rings. The summed E-state index contributed by atoms with van der Waals surface area (Å²) in [5, 5.41) is 0. The Morgan fingerprint density at radius 3 is 2.45 bits per heavy atom. The zero-order valence-corrected chi connectivity index (χ0v) is 18.3. The van der Waals surface area contributed by atoms with Crippen LogP contribution in [0.15, 0.2) is 47.4 Å². The molecule has 2 aliphatic rings. The first-order chi connectivity index (χ1) is 15.6. The van der Waals surface area contributed by atoms with E-state index < -0.39 is 11.6 Å². The normalized spacial score (nSPS) is 18.6. The van der Waals surface area contributed by atoms with Crippen LogP contribution in [0.25, 0.3) is 0 Å². The minimum atomic E-state index is -4.38. The lowest BCUT2D eigenvalue weighted by Crippen LogP contribution is -2.44. The van der Waals surface area contributed by atoms with Crippen molar-refractivity contribution < 1.29 is 32.3 Å². The standard InChI is InChI=1S/C24H20F3NO4S/c25-24(26,27)33-18-6-3-15(4-7-18)21(30)10-2-14-1-8-19-16(11-14)13-28(23(19)32)20-9-5-17(29)12-22(20)31/h1,3-4,6-8,11,20H,2,5,9-10,12-13H2. The van der Waals surface area contributed by atoms with Crippen LogP contribution in [0.1, 0.15) is 57.5 Å². The number of ketones is 3. The highest BCUT2D eigenvalue weighted by Gasteiger charge is 2.38. The minimum absolute atomic E-state index is 0.0210. The second-order valence-electron chi connectivity index (χ2n) is 8.16. The Balaban J connectivity index is 1.38. The van der Waals surface area contributed by atoms with Crippen LogP contribution < -0.4 is 0 Å². The Morgan fingerprint density at radius 2 is 1.79 bits per heavy atom. The van der Waals surface area contributed by atoms with Gasteiger partial charge in [0.05, 0.1) is 12.5 Å². The van der Waals surface area contributed by atoms with Crippen molar-refractivity contribution in [2.75, 3.05) is 0 Å². The summed E-state index contributed by atoms with van der Waals surface area (Å²) in [7, 11) is 0. The fraction of sp³-hybridized carbons (Fsp3) is 0.333. The molecule has 1 atom stereocenters. The van der Waals surface area contributed by atoms with Gasteiger partial charge in [0.2, 0.25) is 0 Å². The van der Waals surface area contributed by atoms with Crippen molar-refractivity contribution >= 4 is 35.0 Å². The largest absolute Gasteiger partial charge is 0.446 e. The average Bonchev–Trinajstić information content (AvgIpc) is 3.07. The van der Waals surface area contributed by atoms with Gasteiger partial charge in [0.1, 0.15) is 5.78 Å². The molecule has 1 amide bonds. The fourth-order valence-electron chi connectivity index (χ4n) is 4.24. The Morgan fingerprint density at radius 1 is 1.06 bits per heavy atom. The molecule has 33 heavy (non-hydrogen) atoms. The Labute approximate surface area is 192 Å². The van der Waals surface area contributed by atoms with Crippen LogP contribution in [0.5, 0.6) is 0 Å². The maximum Gasteiger partial charge on any atom is 0.446 e. The van der Waals surface area contributed by atoms with Crippen LogP contribution in [0, 0.1) is 0 Å². The van der Waals surface area contributed by atoms with E-state index in [0.717, 1.165) is 11.1 Å². The number of carbonyl (C=O) groups is 4. The van der Waals surface area contributed by atoms with E-state index in [2.05, 4.69) is 0 Å². The van der Waals surface area contributed by atoms with Crippen LogP contribution in [0.3, 0.4) is 0 Å². The fourth-order valence-corrected chi connectivity index (χ4v) is 4.78. The summed E-state index contributed by atoms with van der Waals surface area (Å²) in [6.07, 6.45) is 1.09. The van der Waals surface area contributed by atoms with E-state index in [1.54, 1.807) is 12.1 Å². The third kappa shape index (κ3) is 5.35. The maximum atomic E-state index is 12.8. The predicted molar refractivity (Wildman–Crippen MR) is 115 cm³/mol. The van der Waals surface area contributed by atoms with Crippen LogP contribution in [-0.4, -0.2) is 39.7 Å². The van der Waals surface area contributed by atoms with E-state index in [4.69, 9.17) is 0 Å². The van der Waals surface area contributed by atoms with Gasteiger partial charge in [-0.15, -0.1) is 0 Å². The van der Waals surface area contributed by atoms with Crippen LogP contribution in [0.4, 0.5) is 13.2 Å². The Bertz CT molecular complexity index is 1130. The molecule has 1 aliphatic heterocycles. The molecule has 4 rings (SSSR count). The first-order valence-electron chi connectivity index (χ1n) is 10.5. The topological polar surface area (TPSA) is 71.5 Å². The number of aryl methyl sites for hydroxylation is 1. The zero-order chi connectivity index (χ0) is 23.8. The molecule has 1 unspecified atom stereocenters. The molecule has 1 heterocycles. The Kier molecular flexibility index (Phi) is 6.43. The van der Waals surface area contributed by atoms with Gasteiger partial charge in [0, 0.05) is 35.4 Å². The summed E-state index contributed by atoms with van der Waals surface area (Å²) in [5.74, 6) is -0.731. The van der Waals surface area contributed by atoms with Gasteiger partial charge in [-0.25, -0.2) is 0 Å². The summed E-state index contributed by atoms with van der Waals surface area (Å²) >= 11 is -0.227. The molecule has 0 radical (unpaired) electrons. The van der Waals surface area contributed by atoms with Crippen molar-refractivity contribution in [1.29, 1.82) is 0 Å². The van der Waals surface area contributed by atoms with Gasteiger partial charge >= 0.3 is 5.51 Å². The number of thioether (sulfide) groups is 1. The first kappa shape index (κ1) is 23.2. The van der Waals surface area contributed by atoms with Gasteiger partial charge in [0.25, 0.3) is 5.91 Å². The molecule has 0 saturated heterocycles. The molecule has 9 heteroatoms. The number of hydrogen-bond donors (Lipinski definition) is 0. The third-order valence-corrected chi connectivity index (χ3v) is 6.61. The molecule has 5 nitrogen and oxygen atoms in total. The number of halogens is 3. The number of rotatable bonds is 6. The number of benzene rings is 2. The molecule has 1 aliphatic carbocycles. The lowest BCUT2D eigenvalue weighted by atomic mass is 9.92. The molecular weight excluding hydrogens is 455 g/mol. The van der Waals surface area contributed by atoms with Gasteiger partial charge in [0.15, 0.2) is 11.6 Å². The van der Waals surface area contributed by atoms with Gasteiger partial charge < -0.3 is 4.90 Å². The van der Waals surface area contributed by atoms with E-state index in [0.29, 0.717) is 36.9 Å². The predicted octanol–water partition coefficient (Wildman–Crippen LogP) is 4.76. The summed E-state index contributed by atoms with van der Waals surface area (Å²) in [5.41, 5.74) is -1.88. The van der Waals surface area contributed by atoms with Crippen molar-refractivity contribution in [2.45, 2.75) is 55.1 Å². The molecule has 0 bridgehead atoms. The third-order valence-electron chi connectivity index (χ3n) is 5.87. The quantitative estimate of drug-likeness (QED) is 0.342. The lowest BCUT2D eigenvalue weighted by molar-refractivity contribution is -0.133. The molecule has 0 aromatic heterocycles. The van der Waals surface area contributed by atoms with Gasteiger partial charge in [-0.3, -0.25) is 19.2 Å². The first-order valence-corrected chi connectivity index (χ1v) is 11.3. The zero-order valence-electron chi connectivity index (χ0n) is 17.5. The number of nitrogens with zero attached hydrogens (tertiary/aromatic N) is 1. The highest BCUT2D eigenvalue weighted by atomic mass is 32.2. The van der Waals surface area contributed by atoms with Crippen LogP contribution in [0.2, 0.25) is 0 Å². The monoisotopic (exact) mass is 475 g/mol. The van der Waals surface area contributed by atoms with Crippen molar-refractivity contribution in [3.8, 4) is 0 Å². The highest BCUT2D eigenvalue weighted by Crippen LogP contribution is 2.36.